The van der Waals surface area contributed by atoms with Gasteiger partial charge in [-0.25, -0.2) is 0 Å². The van der Waals surface area contributed by atoms with Gasteiger partial charge in [-0.05, 0) is 18.2 Å². The molecule has 0 saturated heterocycles. The summed E-state index contributed by atoms with van der Waals surface area (Å²) in [5, 5.41) is 1.50. The SMILES string of the molecule is Clc1ccc(Cl)c([Si](Cl)(Cl)Cl)c1. The highest BCUT2D eigenvalue weighted by atomic mass is 35.8. The van der Waals surface area contributed by atoms with E-state index in [1.807, 2.05) is 0 Å². The number of rotatable bonds is 1. The molecule has 0 amide bonds. The largest absolute Gasteiger partial charge is 0.374 e. The lowest BCUT2D eigenvalue weighted by atomic mass is 10.4. The Balaban J connectivity index is 3.23. The maximum absolute atomic E-state index is 5.80. The van der Waals surface area contributed by atoms with Gasteiger partial charge in [0.2, 0.25) is 0 Å². The van der Waals surface area contributed by atoms with Crippen molar-refractivity contribution in [2.75, 3.05) is 0 Å². The lowest BCUT2D eigenvalue weighted by Gasteiger charge is -2.09. The van der Waals surface area contributed by atoms with Crippen molar-refractivity contribution < 1.29 is 0 Å². The van der Waals surface area contributed by atoms with Gasteiger partial charge in [0.25, 0.3) is 0 Å². The van der Waals surface area contributed by atoms with E-state index in [9.17, 15) is 0 Å². The Hall–Kier alpha value is 0.887. The summed E-state index contributed by atoms with van der Waals surface area (Å²) in [6.45, 7) is 0. The first-order chi connectivity index (χ1) is 5.41. The van der Waals surface area contributed by atoms with Gasteiger partial charge in [-0.15, -0.1) is 33.2 Å². The Kier molecular flexibility index (Phi) is 3.61. The van der Waals surface area contributed by atoms with Crippen LogP contribution in [0.3, 0.4) is 0 Å². The average molecular weight is 280 g/mol. The minimum Gasteiger partial charge on any atom is -0.121 e. The lowest BCUT2D eigenvalue weighted by Crippen LogP contribution is -2.30. The molecule has 0 heterocycles. The van der Waals surface area contributed by atoms with Crippen molar-refractivity contribution in [3.05, 3.63) is 28.2 Å². The van der Waals surface area contributed by atoms with Crippen molar-refractivity contribution in [2.24, 2.45) is 0 Å². The number of hydrogen-bond acceptors (Lipinski definition) is 0. The molecule has 0 aliphatic rings. The smallest absolute Gasteiger partial charge is 0.121 e. The molecule has 12 heavy (non-hydrogen) atoms. The fraction of sp³-hybridized carbons (Fsp3) is 0. The molecule has 1 aromatic rings. The van der Waals surface area contributed by atoms with Crippen LogP contribution in [0.5, 0.6) is 0 Å². The van der Waals surface area contributed by atoms with E-state index in [0.29, 0.717) is 15.2 Å². The fourth-order valence-corrected chi connectivity index (χ4v) is 4.04. The molecule has 1 rings (SSSR count). The summed E-state index contributed by atoms with van der Waals surface area (Å²) in [7, 11) is 0. The van der Waals surface area contributed by atoms with E-state index in [4.69, 9.17) is 56.4 Å². The van der Waals surface area contributed by atoms with Crippen LogP contribution < -0.4 is 5.19 Å². The first-order valence-corrected chi connectivity index (χ1v) is 8.72. The van der Waals surface area contributed by atoms with E-state index in [1.54, 1.807) is 18.2 Å². The Morgan fingerprint density at radius 2 is 1.58 bits per heavy atom. The molecule has 0 aromatic heterocycles. The molecular weight excluding hydrogens is 277 g/mol. The third-order valence-electron chi connectivity index (χ3n) is 1.23. The molecule has 0 fully saturated rings. The van der Waals surface area contributed by atoms with Crippen LogP contribution in [0.4, 0.5) is 0 Å². The van der Waals surface area contributed by atoms with E-state index in [1.165, 1.54) is 0 Å². The summed E-state index contributed by atoms with van der Waals surface area (Å²) < 4.78 is 0. The Bertz CT molecular complexity index is 292. The van der Waals surface area contributed by atoms with Crippen LogP contribution in [0.1, 0.15) is 0 Å². The summed E-state index contributed by atoms with van der Waals surface area (Å²) in [5.74, 6) is 0. The molecule has 1 aromatic carbocycles. The first-order valence-electron chi connectivity index (χ1n) is 2.93. The molecule has 0 radical (unpaired) electrons. The topological polar surface area (TPSA) is 0 Å². The Labute approximate surface area is 95.4 Å². The number of benzene rings is 1. The minimum atomic E-state index is -2.91. The van der Waals surface area contributed by atoms with Crippen LogP contribution in [0, 0.1) is 0 Å². The van der Waals surface area contributed by atoms with Gasteiger partial charge in [0, 0.05) is 15.2 Å². The van der Waals surface area contributed by atoms with Crippen LogP contribution in [0.2, 0.25) is 10.0 Å². The average Bonchev–Trinajstić information content (AvgIpc) is 1.92. The zero-order valence-electron chi connectivity index (χ0n) is 5.62. The maximum atomic E-state index is 5.80. The molecule has 0 saturated carbocycles. The van der Waals surface area contributed by atoms with Gasteiger partial charge in [-0.2, -0.15) is 0 Å². The zero-order chi connectivity index (χ0) is 9.35. The van der Waals surface area contributed by atoms with Gasteiger partial charge in [0.1, 0.15) is 0 Å². The van der Waals surface area contributed by atoms with E-state index < -0.39 is 6.00 Å². The number of halogens is 5. The molecule has 0 aliphatic carbocycles. The second-order valence-corrected chi connectivity index (χ2v) is 11.3. The van der Waals surface area contributed by atoms with Gasteiger partial charge in [-0.3, -0.25) is 0 Å². The van der Waals surface area contributed by atoms with Crippen molar-refractivity contribution in [2.45, 2.75) is 0 Å². The highest BCUT2D eigenvalue weighted by molar-refractivity contribution is 7.69. The molecule has 0 aliphatic heterocycles. The summed E-state index contributed by atoms with van der Waals surface area (Å²) in [6.07, 6.45) is 0. The Morgan fingerprint density at radius 1 is 1.00 bits per heavy atom. The van der Waals surface area contributed by atoms with E-state index in [0.717, 1.165) is 0 Å². The molecule has 66 valence electrons. The zero-order valence-corrected chi connectivity index (χ0v) is 10.4. The van der Waals surface area contributed by atoms with Crippen LogP contribution in [0.25, 0.3) is 0 Å². The highest BCUT2D eigenvalue weighted by Gasteiger charge is 2.30. The van der Waals surface area contributed by atoms with E-state index in [2.05, 4.69) is 0 Å². The van der Waals surface area contributed by atoms with Crippen molar-refractivity contribution in [1.29, 1.82) is 0 Å². The predicted octanol–water partition coefficient (Wildman–Crippen LogP) is 3.86. The fourth-order valence-electron chi connectivity index (χ4n) is 0.715. The molecule has 0 spiro atoms. The molecule has 6 heteroatoms. The van der Waals surface area contributed by atoms with Crippen LogP contribution in [-0.2, 0) is 0 Å². The van der Waals surface area contributed by atoms with Gasteiger partial charge in [-0.1, -0.05) is 23.2 Å². The second-order valence-electron chi connectivity index (χ2n) is 2.12. The quantitative estimate of drug-likeness (QED) is 0.541. The van der Waals surface area contributed by atoms with Crippen molar-refractivity contribution in [3.63, 3.8) is 0 Å². The van der Waals surface area contributed by atoms with Crippen molar-refractivity contribution >= 4 is 67.6 Å². The monoisotopic (exact) mass is 278 g/mol. The predicted molar refractivity (Wildman–Crippen MR) is 59.4 cm³/mol. The van der Waals surface area contributed by atoms with Gasteiger partial charge in [0.15, 0.2) is 0 Å². The molecular formula is C6H3Cl5Si. The van der Waals surface area contributed by atoms with E-state index in [-0.39, 0.29) is 0 Å². The third-order valence-corrected chi connectivity index (χ3v) is 4.81. The summed E-state index contributed by atoms with van der Waals surface area (Å²) >= 11 is 28.8. The van der Waals surface area contributed by atoms with Gasteiger partial charge in [0.05, 0.1) is 0 Å². The van der Waals surface area contributed by atoms with Crippen molar-refractivity contribution in [1.82, 2.24) is 0 Å². The minimum absolute atomic E-state index is 0.450. The number of hydrogen-bond donors (Lipinski definition) is 0. The lowest BCUT2D eigenvalue weighted by molar-refractivity contribution is 1.76. The maximum Gasteiger partial charge on any atom is 0.374 e. The normalized spacial score (nSPS) is 11.8. The molecule has 0 nitrogen and oxygen atoms in total. The van der Waals surface area contributed by atoms with Crippen LogP contribution in [-0.4, -0.2) is 6.00 Å². The standard InChI is InChI=1S/C6H3Cl5Si/c7-4-1-2-5(8)6(3-4)12(9,10)11/h1-3H. The van der Waals surface area contributed by atoms with Gasteiger partial charge < -0.3 is 0 Å². The van der Waals surface area contributed by atoms with Crippen LogP contribution >= 0.6 is 56.4 Å². The molecule has 0 bridgehead atoms. The third kappa shape index (κ3) is 2.69. The highest BCUT2D eigenvalue weighted by Crippen LogP contribution is 2.25. The Morgan fingerprint density at radius 3 is 2.00 bits per heavy atom. The van der Waals surface area contributed by atoms with Crippen molar-refractivity contribution in [3.8, 4) is 0 Å². The molecule has 0 unspecified atom stereocenters. The van der Waals surface area contributed by atoms with Crippen LogP contribution in [0.15, 0.2) is 18.2 Å². The summed E-state index contributed by atoms with van der Waals surface area (Å²) in [4.78, 5) is 0. The first kappa shape index (κ1) is 11.0. The summed E-state index contributed by atoms with van der Waals surface area (Å²) in [6, 6.07) is 1.95. The molecule has 0 N–H and O–H groups in total. The summed E-state index contributed by atoms with van der Waals surface area (Å²) in [5.41, 5.74) is 0. The second kappa shape index (κ2) is 3.95. The van der Waals surface area contributed by atoms with E-state index >= 15 is 0 Å². The van der Waals surface area contributed by atoms with Gasteiger partial charge >= 0.3 is 6.00 Å². The molecule has 0 atom stereocenters.